The van der Waals surface area contributed by atoms with Gasteiger partial charge in [0.15, 0.2) is 0 Å². The van der Waals surface area contributed by atoms with Gasteiger partial charge < -0.3 is 0 Å². The summed E-state index contributed by atoms with van der Waals surface area (Å²) in [6.45, 7) is 7.82. The quantitative estimate of drug-likeness (QED) is 0.271. The molecule has 1 aromatic heterocycles. The zero-order valence-electron chi connectivity index (χ0n) is 21.2. The number of aromatic nitrogens is 2. The molecule has 37 heavy (non-hydrogen) atoms. The Morgan fingerprint density at radius 2 is 1.62 bits per heavy atom. The van der Waals surface area contributed by atoms with E-state index in [9.17, 15) is 4.39 Å². The molecule has 2 heterocycles. The molecular formula is C33H30FN3. The first kappa shape index (κ1) is 22.4. The van der Waals surface area contributed by atoms with Crippen molar-refractivity contribution >= 4 is 10.9 Å². The van der Waals surface area contributed by atoms with Gasteiger partial charge in [-0.15, -0.1) is 0 Å². The number of rotatable bonds is 5. The highest BCUT2D eigenvalue weighted by Crippen LogP contribution is 2.73. The van der Waals surface area contributed by atoms with Crippen LogP contribution in [0.2, 0.25) is 0 Å². The van der Waals surface area contributed by atoms with E-state index in [2.05, 4.69) is 96.6 Å². The highest BCUT2D eigenvalue weighted by molar-refractivity contribution is 5.83. The third kappa shape index (κ3) is 3.25. The molecule has 7 rings (SSSR count). The molecular weight excluding hydrogens is 457 g/mol. The third-order valence-corrected chi connectivity index (χ3v) is 9.14. The number of halogens is 1. The second-order valence-corrected chi connectivity index (χ2v) is 11.0. The summed E-state index contributed by atoms with van der Waals surface area (Å²) in [7, 11) is 0. The maximum absolute atomic E-state index is 13.5. The number of nitrogens with zero attached hydrogens (tertiary/aromatic N) is 3. The minimum atomic E-state index is -0.237. The smallest absolute Gasteiger partial charge is 0.123 e. The van der Waals surface area contributed by atoms with Crippen LogP contribution in [0.3, 0.4) is 0 Å². The second kappa shape index (κ2) is 8.12. The zero-order valence-corrected chi connectivity index (χ0v) is 21.2. The Labute approximate surface area is 217 Å². The topological polar surface area (TPSA) is 21.1 Å². The standard InChI is InChI=1S/C33H30FN3/c1-23-17-30-25(19-35-37(30)28-15-13-27(34)14-16-28)18-29(23)33-22-36(20-24-9-5-3-6-10-24)21-31(33)32(33,2)26-11-7-4-8-12-26/h3-19,31H,20-22H2,1-2H3/t31-,32+,33+/m0/s1. The summed E-state index contributed by atoms with van der Waals surface area (Å²) in [4.78, 5) is 2.64. The van der Waals surface area contributed by atoms with Gasteiger partial charge in [0, 0.05) is 35.9 Å². The van der Waals surface area contributed by atoms with Crippen molar-refractivity contribution < 1.29 is 4.39 Å². The molecule has 2 aliphatic rings. The maximum atomic E-state index is 13.5. The van der Waals surface area contributed by atoms with Crippen LogP contribution in [0.25, 0.3) is 16.6 Å². The van der Waals surface area contributed by atoms with E-state index in [4.69, 9.17) is 0 Å². The van der Waals surface area contributed by atoms with E-state index in [1.54, 1.807) is 12.1 Å². The fourth-order valence-corrected chi connectivity index (χ4v) is 7.29. The van der Waals surface area contributed by atoms with E-state index in [1.807, 2.05) is 10.9 Å². The first-order valence-electron chi connectivity index (χ1n) is 13.1. The van der Waals surface area contributed by atoms with E-state index in [-0.39, 0.29) is 16.6 Å². The second-order valence-electron chi connectivity index (χ2n) is 11.0. The summed E-state index contributed by atoms with van der Waals surface area (Å²) in [5.74, 6) is 0.313. The van der Waals surface area contributed by atoms with Gasteiger partial charge in [-0.1, -0.05) is 67.6 Å². The van der Waals surface area contributed by atoms with E-state index >= 15 is 0 Å². The van der Waals surface area contributed by atoms with Gasteiger partial charge >= 0.3 is 0 Å². The van der Waals surface area contributed by atoms with Crippen LogP contribution >= 0.6 is 0 Å². The van der Waals surface area contributed by atoms with Crippen LogP contribution in [0, 0.1) is 18.7 Å². The molecule has 0 unspecified atom stereocenters. The Balaban J connectivity index is 1.32. The monoisotopic (exact) mass is 487 g/mol. The van der Waals surface area contributed by atoms with E-state index in [0.717, 1.165) is 36.2 Å². The average molecular weight is 488 g/mol. The molecule has 2 fully saturated rings. The van der Waals surface area contributed by atoms with Crippen LogP contribution in [-0.2, 0) is 17.4 Å². The van der Waals surface area contributed by atoms with Gasteiger partial charge in [0.05, 0.1) is 17.4 Å². The molecule has 184 valence electrons. The molecule has 4 heteroatoms. The Morgan fingerprint density at radius 1 is 0.919 bits per heavy atom. The highest BCUT2D eigenvalue weighted by atomic mass is 19.1. The minimum Gasteiger partial charge on any atom is -0.298 e. The van der Waals surface area contributed by atoms with E-state index in [0.29, 0.717) is 5.92 Å². The van der Waals surface area contributed by atoms with Crippen molar-refractivity contribution in [2.45, 2.75) is 31.2 Å². The molecule has 0 amide bonds. The molecule has 5 aromatic rings. The Bertz CT molecular complexity index is 1590. The van der Waals surface area contributed by atoms with Gasteiger partial charge in [-0.3, -0.25) is 4.90 Å². The summed E-state index contributed by atoms with van der Waals surface area (Å²) in [5.41, 5.74) is 7.60. The lowest BCUT2D eigenvalue weighted by molar-refractivity contribution is 0.260. The summed E-state index contributed by atoms with van der Waals surface area (Å²) < 4.78 is 15.4. The lowest BCUT2D eigenvalue weighted by Crippen LogP contribution is -2.34. The van der Waals surface area contributed by atoms with Crippen LogP contribution in [0.15, 0.2) is 103 Å². The third-order valence-electron chi connectivity index (χ3n) is 9.14. The summed E-state index contributed by atoms with van der Waals surface area (Å²) in [5, 5.41) is 5.82. The minimum absolute atomic E-state index is 0.0549. The summed E-state index contributed by atoms with van der Waals surface area (Å²) >= 11 is 0. The molecule has 4 aromatic carbocycles. The molecule has 0 bridgehead atoms. The molecule has 0 N–H and O–H groups in total. The number of aryl methyl sites for hydroxylation is 1. The molecule has 0 radical (unpaired) electrons. The molecule has 1 aliphatic heterocycles. The van der Waals surface area contributed by atoms with Crippen LogP contribution in [0.5, 0.6) is 0 Å². The van der Waals surface area contributed by atoms with Crippen molar-refractivity contribution in [3.63, 3.8) is 0 Å². The first-order valence-corrected chi connectivity index (χ1v) is 13.1. The Morgan fingerprint density at radius 3 is 2.35 bits per heavy atom. The van der Waals surface area contributed by atoms with Crippen molar-refractivity contribution in [1.29, 1.82) is 0 Å². The van der Waals surface area contributed by atoms with Gasteiger partial charge in [0.1, 0.15) is 5.82 Å². The van der Waals surface area contributed by atoms with Gasteiger partial charge in [-0.25, -0.2) is 9.07 Å². The zero-order chi connectivity index (χ0) is 25.2. The summed E-state index contributed by atoms with van der Waals surface area (Å²) in [6.07, 6.45) is 1.95. The molecule has 3 atom stereocenters. The fourth-order valence-electron chi connectivity index (χ4n) is 7.29. The average Bonchev–Trinajstić information content (AvgIpc) is 3.25. The molecule has 1 aliphatic carbocycles. The van der Waals surface area contributed by atoms with Crippen LogP contribution in [0.4, 0.5) is 4.39 Å². The van der Waals surface area contributed by atoms with Crippen LogP contribution in [-0.4, -0.2) is 27.8 Å². The highest BCUT2D eigenvalue weighted by Gasteiger charge is 2.78. The fraction of sp³-hybridized carbons (Fsp3) is 0.242. The lowest BCUT2D eigenvalue weighted by Gasteiger charge is -2.31. The number of benzene rings is 4. The number of hydrogen-bond acceptors (Lipinski definition) is 2. The van der Waals surface area contributed by atoms with Crippen molar-refractivity contribution in [3.8, 4) is 5.69 Å². The van der Waals surface area contributed by atoms with Gasteiger partial charge in [0.2, 0.25) is 0 Å². The van der Waals surface area contributed by atoms with Crippen LogP contribution < -0.4 is 0 Å². The van der Waals surface area contributed by atoms with Gasteiger partial charge in [-0.05, 0) is 71.5 Å². The Kier molecular flexibility index (Phi) is 4.93. The molecule has 1 saturated carbocycles. The van der Waals surface area contributed by atoms with Gasteiger partial charge in [-0.2, -0.15) is 5.10 Å². The molecule has 0 spiro atoms. The lowest BCUT2D eigenvalue weighted by atomic mass is 9.80. The van der Waals surface area contributed by atoms with Crippen molar-refractivity contribution in [2.75, 3.05) is 13.1 Å². The first-order chi connectivity index (χ1) is 18.0. The van der Waals surface area contributed by atoms with Crippen molar-refractivity contribution in [1.82, 2.24) is 14.7 Å². The number of hydrogen-bond donors (Lipinski definition) is 0. The normalized spacial score (nSPS) is 24.9. The van der Waals surface area contributed by atoms with Crippen molar-refractivity contribution in [2.24, 2.45) is 5.92 Å². The van der Waals surface area contributed by atoms with E-state index in [1.165, 1.54) is 34.4 Å². The number of piperidine rings is 1. The molecule has 1 saturated heterocycles. The maximum Gasteiger partial charge on any atom is 0.123 e. The number of fused-ring (bicyclic) bond motifs is 2. The van der Waals surface area contributed by atoms with E-state index < -0.39 is 0 Å². The van der Waals surface area contributed by atoms with Crippen molar-refractivity contribution in [3.05, 3.63) is 131 Å². The largest absolute Gasteiger partial charge is 0.298 e. The predicted molar refractivity (Wildman–Crippen MR) is 146 cm³/mol. The number of likely N-dealkylation sites (tertiary alicyclic amines) is 1. The SMILES string of the molecule is Cc1cc2c(cnn2-c2ccc(F)cc2)cc1[C@]12CN(Cc3ccccc3)C[C@H]1[C@@]2(C)c1ccccc1. The molecule has 3 nitrogen and oxygen atoms in total. The summed E-state index contributed by atoms with van der Waals surface area (Å²) in [6, 6.07) is 33.1. The van der Waals surface area contributed by atoms with Crippen LogP contribution in [0.1, 0.15) is 29.2 Å². The van der Waals surface area contributed by atoms with Gasteiger partial charge in [0.25, 0.3) is 0 Å². The predicted octanol–water partition coefficient (Wildman–Crippen LogP) is 6.81. The Hall–Kier alpha value is -3.76.